The first kappa shape index (κ1) is 31.4. The molecule has 0 N–H and O–H groups in total. The van der Waals surface area contributed by atoms with Crippen LogP contribution in [0.5, 0.6) is 11.5 Å². The molecule has 14 rings (SSSR count). The first-order chi connectivity index (χ1) is 29.3. The van der Waals surface area contributed by atoms with Crippen LogP contribution in [0.4, 0.5) is 0 Å². The summed E-state index contributed by atoms with van der Waals surface area (Å²) in [6.07, 6.45) is 0. The van der Waals surface area contributed by atoms with E-state index in [0.717, 1.165) is 60.9 Å². The van der Waals surface area contributed by atoms with E-state index in [2.05, 4.69) is 182 Å². The summed E-state index contributed by atoms with van der Waals surface area (Å²) in [6.45, 7) is 0. The molecule has 1 spiro atoms. The van der Waals surface area contributed by atoms with Crippen LogP contribution in [0.2, 0.25) is 0 Å². The monoisotopic (exact) mass is 748 g/mol. The number of benzene rings is 10. The molecule has 59 heavy (non-hydrogen) atoms. The van der Waals surface area contributed by atoms with E-state index in [9.17, 15) is 0 Å². The summed E-state index contributed by atoms with van der Waals surface area (Å²) in [7, 11) is 0. The zero-order chi connectivity index (χ0) is 38.4. The molecule has 1 atom stereocenters. The predicted molar refractivity (Wildman–Crippen MR) is 241 cm³/mol. The Morgan fingerprint density at radius 3 is 1.85 bits per heavy atom. The Bertz CT molecular complexity index is 3650. The fraction of sp³-hybridized carbons (Fsp3) is 0.0175. The highest BCUT2D eigenvalue weighted by Crippen LogP contribution is 2.63. The molecule has 0 fully saturated rings. The van der Waals surface area contributed by atoms with Crippen LogP contribution in [0.25, 0.3) is 99.1 Å². The second kappa shape index (κ2) is 11.2. The van der Waals surface area contributed by atoms with Crippen molar-refractivity contribution in [2.75, 3.05) is 0 Å². The van der Waals surface area contributed by atoms with Crippen molar-refractivity contribution in [2.24, 2.45) is 0 Å². The number of rotatable bonds is 2. The van der Waals surface area contributed by atoms with Gasteiger partial charge in [0.1, 0.15) is 22.7 Å². The molecule has 0 amide bonds. The molecule has 0 saturated heterocycles. The number of ether oxygens (including phenoxy) is 1. The third-order valence-electron chi connectivity index (χ3n) is 13.5. The Morgan fingerprint density at radius 1 is 0.339 bits per heavy atom. The molecule has 3 aliphatic rings. The highest BCUT2D eigenvalue weighted by molar-refractivity contribution is 6.16. The van der Waals surface area contributed by atoms with E-state index in [1.54, 1.807) is 0 Å². The third-order valence-corrected chi connectivity index (χ3v) is 13.5. The van der Waals surface area contributed by atoms with Gasteiger partial charge in [0.05, 0.1) is 5.41 Å². The van der Waals surface area contributed by atoms with Crippen molar-refractivity contribution in [3.63, 3.8) is 0 Å². The van der Waals surface area contributed by atoms with Crippen molar-refractivity contribution in [1.82, 2.24) is 0 Å². The van der Waals surface area contributed by atoms with Gasteiger partial charge < -0.3 is 9.15 Å². The molecular formula is C57H32O2. The first-order valence-electron chi connectivity index (χ1n) is 20.4. The maximum Gasteiger partial charge on any atom is 0.143 e. The SMILES string of the molecule is c1ccc2c(c1)-c1c(-c3ccc4c(c3)-c3cccc5c(-c6cccc7c6oc6ccccc67)ccc(c35)O4)cccc1C21c2ccccc2-c2cccc3cccc1c23. The highest BCUT2D eigenvalue weighted by atomic mass is 16.5. The van der Waals surface area contributed by atoms with Crippen LogP contribution in [0.3, 0.4) is 0 Å². The summed E-state index contributed by atoms with van der Waals surface area (Å²) in [5.74, 6) is 1.74. The Kier molecular flexibility index (Phi) is 5.99. The van der Waals surface area contributed by atoms with Gasteiger partial charge in [0.2, 0.25) is 0 Å². The fourth-order valence-corrected chi connectivity index (χ4v) is 11.2. The minimum Gasteiger partial charge on any atom is -0.456 e. The molecule has 0 radical (unpaired) electrons. The van der Waals surface area contributed by atoms with Gasteiger partial charge in [0, 0.05) is 27.3 Å². The van der Waals surface area contributed by atoms with E-state index in [0.29, 0.717) is 0 Å². The van der Waals surface area contributed by atoms with Gasteiger partial charge >= 0.3 is 0 Å². The average molecular weight is 749 g/mol. The Balaban J connectivity index is 0.992. The lowest BCUT2D eigenvalue weighted by molar-refractivity contribution is 0.487. The van der Waals surface area contributed by atoms with Gasteiger partial charge in [-0.05, 0) is 113 Å². The van der Waals surface area contributed by atoms with E-state index in [-0.39, 0.29) is 0 Å². The second-order valence-electron chi connectivity index (χ2n) is 16.2. The Labute approximate surface area is 340 Å². The quantitative estimate of drug-likeness (QED) is 0.176. The lowest BCUT2D eigenvalue weighted by Gasteiger charge is -2.40. The summed E-state index contributed by atoms with van der Waals surface area (Å²) in [6, 6.07) is 71.3. The number of hydrogen-bond acceptors (Lipinski definition) is 2. The molecule has 1 aromatic heterocycles. The second-order valence-corrected chi connectivity index (χ2v) is 16.2. The van der Waals surface area contributed by atoms with E-state index < -0.39 is 5.41 Å². The number of fused-ring (bicyclic) bond motifs is 14. The Hall–Kier alpha value is -7.68. The summed E-state index contributed by atoms with van der Waals surface area (Å²) < 4.78 is 13.3. The minimum absolute atomic E-state index is 0.465. The van der Waals surface area contributed by atoms with E-state index in [4.69, 9.17) is 9.15 Å². The summed E-state index contributed by atoms with van der Waals surface area (Å²) in [4.78, 5) is 0. The average Bonchev–Trinajstić information content (AvgIpc) is 3.83. The van der Waals surface area contributed by atoms with Crippen molar-refractivity contribution in [2.45, 2.75) is 5.41 Å². The number of hydrogen-bond donors (Lipinski definition) is 0. The lowest BCUT2D eigenvalue weighted by Crippen LogP contribution is -2.31. The summed E-state index contributed by atoms with van der Waals surface area (Å²) in [5.41, 5.74) is 18.8. The first-order valence-corrected chi connectivity index (χ1v) is 20.4. The van der Waals surface area contributed by atoms with Crippen LogP contribution in [0, 0.1) is 0 Å². The van der Waals surface area contributed by atoms with Crippen LogP contribution in [-0.4, -0.2) is 0 Å². The molecule has 10 aromatic carbocycles. The van der Waals surface area contributed by atoms with Gasteiger partial charge in [-0.15, -0.1) is 0 Å². The van der Waals surface area contributed by atoms with E-state index >= 15 is 0 Å². The molecule has 2 nitrogen and oxygen atoms in total. The topological polar surface area (TPSA) is 22.4 Å². The zero-order valence-electron chi connectivity index (χ0n) is 31.8. The molecule has 272 valence electrons. The summed E-state index contributed by atoms with van der Waals surface area (Å²) >= 11 is 0. The van der Waals surface area contributed by atoms with Gasteiger partial charge in [-0.2, -0.15) is 0 Å². The zero-order valence-corrected chi connectivity index (χ0v) is 31.8. The van der Waals surface area contributed by atoms with E-state index in [1.165, 1.54) is 72.0 Å². The maximum atomic E-state index is 6.79. The summed E-state index contributed by atoms with van der Waals surface area (Å²) in [5, 5.41) is 7.14. The molecule has 0 saturated carbocycles. The van der Waals surface area contributed by atoms with Crippen molar-refractivity contribution >= 4 is 43.5 Å². The standard InChI is InChI=1S/C57H32O2/c1-4-23-46-37(14-1)40-18-7-12-33-13-8-25-48(53(33)40)57(46)47-24-5-2-16-44(47)54-35(17-11-26-49(54)57)34-28-30-51-45(32-34)41-20-9-19-39-36(29-31-52(58-51)55(39)41)42-21-10-22-43-38-15-3-6-27-50(38)59-56(42)43/h1-32H. The predicted octanol–water partition coefficient (Wildman–Crippen LogP) is 15.3. The maximum absolute atomic E-state index is 6.79. The lowest BCUT2D eigenvalue weighted by atomic mass is 9.61. The molecular weight excluding hydrogens is 717 g/mol. The van der Waals surface area contributed by atoms with Gasteiger partial charge in [-0.3, -0.25) is 0 Å². The molecule has 11 aromatic rings. The van der Waals surface area contributed by atoms with Gasteiger partial charge in [-0.1, -0.05) is 164 Å². The van der Waals surface area contributed by atoms with Crippen molar-refractivity contribution in [1.29, 1.82) is 0 Å². The third kappa shape index (κ3) is 3.91. The molecule has 2 aliphatic carbocycles. The van der Waals surface area contributed by atoms with Crippen molar-refractivity contribution < 1.29 is 9.15 Å². The minimum atomic E-state index is -0.465. The van der Waals surface area contributed by atoms with Crippen LogP contribution in [0.15, 0.2) is 199 Å². The molecule has 2 heterocycles. The highest BCUT2D eigenvalue weighted by Gasteiger charge is 2.50. The smallest absolute Gasteiger partial charge is 0.143 e. The van der Waals surface area contributed by atoms with Crippen LogP contribution < -0.4 is 4.74 Å². The number of furan rings is 1. The van der Waals surface area contributed by atoms with E-state index in [1.807, 2.05) is 12.1 Å². The van der Waals surface area contributed by atoms with Gasteiger partial charge in [-0.25, -0.2) is 0 Å². The van der Waals surface area contributed by atoms with Gasteiger partial charge in [0.25, 0.3) is 0 Å². The van der Waals surface area contributed by atoms with Crippen molar-refractivity contribution in [3.8, 4) is 67.1 Å². The number of para-hydroxylation sites is 2. The molecule has 1 unspecified atom stereocenters. The molecule has 2 heteroatoms. The normalized spacial score (nSPS) is 15.3. The molecule has 1 aliphatic heterocycles. The largest absolute Gasteiger partial charge is 0.456 e. The van der Waals surface area contributed by atoms with Crippen molar-refractivity contribution in [3.05, 3.63) is 216 Å². The fourth-order valence-electron chi connectivity index (χ4n) is 11.2. The Morgan fingerprint density at radius 2 is 0.949 bits per heavy atom. The molecule has 0 bridgehead atoms. The van der Waals surface area contributed by atoms with Crippen LogP contribution in [-0.2, 0) is 5.41 Å². The van der Waals surface area contributed by atoms with Crippen LogP contribution >= 0.6 is 0 Å². The van der Waals surface area contributed by atoms with Crippen LogP contribution in [0.1, 0.15) is 22.3 Å². The van der Waals surface area contributed by atoms with Gasteiger partial charge in [0.15, 0.2) is 0 Å².